The summed E-state index contributed by atoms with van der Waals surface area (Å²) in [6, 6.07) is 6.96. The maximum Gasteiger partial charge on any atom is 0.136 e. The van der Waals surface area contributed by atoms with Gasteiger partial charge in [0.05, 0.1) is 4.90 Å². The van der Waals surface area contributed by atoms with Gasteiger partial charge in [0.15, 0.2) is 0 Å². The van der Waals surface area contributed by atoms with E-state index in [0.29, 0.717) is 4.90 Å². The first kappa shape index (κ1) is 10.7. The summed E-state index contributed by atoms with van der Waals surface area (Å²) < 4.78 is 21.7. The van der Waals surface area contributed by atoms with Gasteiger partial charge in [-0.05, 0) is 24.3 Å². The molecule has 3 nitrogen and oxygen atoms in total. The van der Waals surface area contributed by atoms with E-state index in [1.165, 1.54) is 4.31 Å². The molecule has 1 aromatic carbocycles. The molecule has 0 heterocycles. The average molecular weight is 263 g/mol. The lowest BCUT2D eigenvalue weighted by Crippen LogP contribution is -2.20. The van der Waals surface area contributed by atoms with Gasteiger partial charge in [0, 0.05) is 18.6 Å². The Morgan fingerprint density at radius 2 is 1.77 bits per heavy atom. The smallest absolute Gasteiger partial charge is 0.136 e. The molecule has 0 saturated heterocycles. The Bertz CT molecular complexity index is 383. The highest BCUT2D eigenvalue weighted by Crippen LogP contribution is 2.17. The third-order valence-electron chi connectivity index (χ3n) is 1.65. The fourth-order valence-corrected chi connectivity index (χ4v) is 2.02. The van der Waals surface area contributed by atoms with Gasteiger partial charge >= 0.3 is 0 Å². The highest BCUT2D eigenvalue weighted by molar-refractivity contribution is 9.10. The maximum atomic E-state index is 11.8. The molecule has 0 amide bonds. The Labute approximate surface area is 87.0 Å². The van der Waals surface area contributed by atoms with Crippen molar-refractivity contribution in [2.75, 3.05) is 14.1 Å². The lowest BCUT2D eigenvalue weighted by atomic mass is 10.4. The van der Waals surface area contributed by atoms with Crippen LogP contribution in [-0.4, -0.2) is 22.6 Å². The van der Waals surface area contributed by atoms with Gasteiger partial charge in [-0.3, -0.25) is 0 Å². The van der Waals surface area contributed by atoms with Crippen LogP contribution in [0.4, 0.5) is 0 Å². The van der Waals surface area contributed by atoms with E-state index in [0.717, 1.165) is 4.47 Å². The minimum Gasteiger partial charge on any atom is -0.236 e. The van der Waals surface area contributed by atoms with Gasteiger partial charge < -0.3 is 0 Å². The molecule has 0 radical (unpaired) electrons. The van der Waals surface area contributed by atoms with Gasteiger partial charge in [0.2, 0.25) is 0 Å². The van der Waals surface area contributed by atoms with Crippen molar-refractivity contribution in [1.29, 1.82) is 4.78 Å². The zero-order chi connectivity index (χ0) is 10.1. The van der Waals surface area contributed by atoms with Crippen LogP contribution in [0.1, 0.15) is 0 Å². The fourth-order valence-electron chi connectivity index (χ4n) is 0.830. The molecule has 1 atom stereocenters. The second-order valence-electron chi connectivity index (χ2n) is 2.79. The molecule has 0 bridgehead atoms. The Hall–Kier alpha value is -0.390. The second kappa shape index (κ2) is 3.77. The molecule has 0 aliphatic heterocycles. The molecule has 1 unspecified atom stereocenters. The summed E-state index contributed by atoms with van der Waals surface area (Å²) in [5.74, 6) is 0. The Kier molecular flexibility index (Phi) is 3.10. The summed E-state index contributed by atoms with van der Waals surface area (Å²) in [6.07, 6.45) is 0. The van der Waals surface area contributed by atoms with Crippen molar-refractivity contribution in [3.05, 3.63) is 28.7 Å². The monoisotopic (exact) mass is 262 g/mol. The first-order chi connectivity index (χ1) is 5.94. The summed E-state index contributed by atoms with van der Waals surface area (Å²) >= 11 is 3.28. The topological polar surface area (TPSA) is 44.2 Å². The van der Waals surface area contributed by atoms with Crippen molar-refractivity contribution in [2.24, 2.45) is 0 Å². The molecular weight excluding hydrogens is 252 g/mol. The molecule has 1 aromatic rings. The number of hydrogen-bond acceptors (Lipinski definition) is 2. The predicted molar refractivity (Wildman–Crippen MR) is 57.0 cm³/mol. The van der Waals surface area contributed by atoms with Crippen LogP contribution in [0.3, 0.4) is 0 Å². The van der Waals surface area contributed by atoms with Crippen molar-refractivity contribution in [3.63, 3.8) is 0 Å². The Balaban J connectivity index is 3.17. The molecular formula is C8H11BrN2OS. The van der Waals surface area contributed by atoms with Crippen molar-refractivity contribution in [1.82, 2.24) is 4.31 Å². The molecule has 13 heavy (non-hydrogen) atoms. The number of nitrogens with one attached hydrogen (secondary N) is 1. The third-order valence-corrected chi connectivity index (χ3v) is 4.12. The maximum absolute atomic E-state index is 11.8. The van der Waals surface area contributed by atoms with Crippen LogP contribution in [-0.2, 0) is 9.92 Å². The van der Waals surface area contributed by atoms with E-state index in [9.17, 15) is 4.21 Å². The van der Waals surface area contributed by atoms with Gasteiger partial charge in [0.25, 0.3) is 0 Å². The SMILES string of the molecule is CN(C)S(=N)(=O)c1ccc(Br)cc1. The van der Waals surface area contributed by atoms with E-state index < -0.39 is 9.92 Å². The van der Waals surface area contributed by atoms with Crippen LogP contribution >= 0.6 is 15.9 Å². The van der Waals surface area contributed by atoms with E-state index in [1.54, 1.807) is 38.4 Å². The van der Waals surface area contributed by atoms with E-state index in [4.69, 9.17) is 4.78 Å². The van der Waals surface area contributed by atoms with Gasteiger partial charge in [-0.2, -0.15) is 0 Å². The molecule has 0 spiro atoms. The quantitative estimate of drug-likeness (QED) is 0.874. The molecule has 0 aliphatic rings. The number of benzene rings is 1. The summed E-state index contributed by atoms with van der Waals surface area (Å²) in [5, 5.41) is 0. The largest absolute Gasteiger partial charge is 0.236 e. The molecule has 1 N–H and O–H groups in total. The normalized spacial score (nSPS) is 15.7. The predicted octanol–water partition coefficient (Wildman–Crippen LogP) is 2.33. The number of rotatable bonds is 2. The van der Waals surface area contributed by atoms with Crippen LogP contribution in [0, 0.1) is 4.78 Å². The molecule has 0 aromatic heterocycles. The Morgan fingerprint density at radius 3 is 2.15 bits per heavy atom. The lowest BCUT2D eigenvalue weighted by Gasteiger charge is -2.14. The summed E-state index contributed by atoms with van der Waals surface area (Å²) in [5.41, 5.74) is 0. The molecule has 5 heteroatoms. The van der Waals surface area contributed by atoms with Crippen LogP contribution < -0.4 is 0 Å². The van der Waals surface area contributed by atoms with E-state index in [-0.39, 0.29) is 0 Å². The molecule has 0 fully saturated rings. The van der Waals surface area contributed by atoms with Crippen molar-refractivity contribution in [2.45, 2.75) is 4.90 Å². The molecule has 0 saturated carbocycles. The number of hydrogen-bond donors (Lipinski definition) is 1. The highest BCUT2D eigenvalue weighted by Gasteiger charge is 2.11. The van der Waals surface area contributed by atoms with Crippen molar-refractivity contribution >= 4 is 25.8 Å². The van der Waals surface area contributed by atoms with Crippen molar-refractivity contribution < 1.29 is 4.21 Å². The highest BCUT2D eigenvalue weighted by atomic mass is 79.9. The summed E-state index contributed by atoms with van der Waals surface area (Å²) in [4.78, 5) is 0.528. The van der Waals surface area contributed by atoms with Crippen molar-refractivity contribution in [3.8, 4) is 0 Å². The van der Waals surface area contributed by atoms with Gasteiger partial charge in [-0.25, -0.2) is 13.3 Å². The molecule has 0 aliphatic carbocycles. The number of halogens is 1. The summed E-state index contributed by atoms with van der Waals surface area (Å²) in [6.45, 7) is 0. The standard InChI is InChI=1S/C8H11BrN2OS/c1-11(2)13(10,12)8-5-3-7(9)4-6-8/h3-6,10H,1-2H3. The van der Waals surface area contributed by atoms with Crippen LogP contribution in [0.25, 0.3) is 0 Å². The van der Waals surface area contributed by atoms with Gasteiger partial charge in [-0.1, -0.05) is 15.9 Å². The van der Waals surface area contributed by atoms with Crippen LogP contribution in [0.15, 0.2) is 33.6 Å². The third kappa shape index (κ3) is 2.30. The average Bonchev–Trinajstić information content (AvgIpc) is 2.04. The van der Waals surface area contributed by atoms with Gasteiger partial charge in [0.1, 0.15) is 9.92 Å². The number of nitrogens with zero attached hydrogens (tertiary/aromatic N) is 1. The molecule has 72 valence electrons. The zero-order valence-electron chi connectivity index (χ0n) is 7.45. The van der Waals surface area contributed by atoms with E-state index in [2.05, 4.69) is 15.9 Å². The second-order valence-corrected chi connectivity index (χ2v) is 5.96. The first-order valence-electron chi connectivity index (χ1n) is 3.66. The van der Waals surface area contributed by atoms with E-state index in [1.807, 2.05) is 0 Å². The molecule has 1 rings (SSSR count). The zero-order valence-corrected chi connectivity index (χ0v) is 9.85. The van der Waals surface area contributed by atoms with Crippen LogP contribution in [0.2, 0.25) is 0 Å². The first-order valence-corrected chi connectivity index (χ1v) is 5.97. The minimum absolute atomic E-state index is 0.528. The fraction of sp³-hybridized carbons (Fsp3) is 0.250. The minimum atomic E-state index is -2.78. The van der Waals surface area contributed by atoms with Crippen LogP contribution in [0.5, 0.6) is 0 Å². The Morgan fingerprint density at radius 1 is 1.31 bits per heavy atom. The van der Waals surface area contributed by atoms with Gasteiger partial charge in [-0.15, -0.1) is 0 Å². The lowest BCUT2D eigenvalue weighted by molar-refractivity contribution is 0.589. The summed E-state index contributed by atoms with van der Waals surface area (Å²) in [7, 11) is 0.491. The van der Waals surface area contributed by atoms with E-state index >= 15 is 0 Å².